The van der Waals surface area contributed by atoms with Crippen LogP contribution in [0.15, 0.2) is 0 Å². The van der Waals surface area contributed by atoms with Gasteiger partial charge >= 0.3 is 0 Å². The summed E-state index contributed by atoms with van der Waals surface area (Å²) in [6.45, 7) is 0.437. The van der Waals surface area contributed by atoms with Gasteiger partial charge in [-0.2, -0.15) is 0 Å². The molecule has 1 aromatic rings. The average molecular weight is 317 g/mol. The van der Waals surface area contributed by atoms with E-state index >= 15 is 0 Å². The molecule has 1 aromatic carbocycles. The third kappa shape index (κ3) is 1.85. The molecule has 2 rings (SSSR count). The Labute approximate surface area is 119 Å². The second kappa shape index (κ2) is 4.74. The standard InChI is InChI=1S/C10H9Cl4NO2/c1-16-10(17-2)5-4(3-15-10)6(11)8(13)9(14)7(5)12/h15H,3H2,1-2H3. The van der Waals surface area contributed by atoms with E-state index in [1.165, 1.54) is 14.2 Å². The van der Waals surface area contributed by atoms with E-state index in [4.69, 9.17) is 55.9 Å². The molecule has 1 aliphatic rings. The molecule has 94 valence electrons. The molecule has 0 spiro atoms. The molecule has 0 bridgehead atoms. The highest BCUT2D eigenvalue weighted by Crippen LogP contribution is 2.48. The first kappa shape index (κ1) is 13.7. The van der Waals surface area contributed by atoms with E-state index in [1.807, 2.05) is 0 Å². The van der Waals surface area contributed by atoms with Crippen molar-refractivity contribution in [3.8, 4) is 0 Å². The molecule has 1 heterocycles. The summed E-state index contributed by atoms with van der Waals surface area (Å²) in [6, 6.07) is 0. The molecule has 0 radical (unpaired) electrons. The number of ether oxygens (including phenoxy) is 2. The Kier molecular flexibility index (Phi) is 3.82. The minimum absolute atomic E-state index is 0.194. The van der Waals surface area contributed by atoms with Crippen LogP contribution < -0.4 is 5.32 Å². The molecule has 0 atom stereocenters. The largest absolute Gasteiger partial charge is 0.337 e. The van der Waals surface area contributed by atoms with Gasteiger partial charge in [0.1, 0.15) is 0 Å². The highest BCUT2D eigenvalue weighted by atomic mass is 35.5. The lowest BCUT2D eigenvalue weighted by atomic mass is 10.1. The first-order valence-corrected chi connectivity index (χ1v) is 6.20. The Morgan fingerprint density at radius 1 is 0.941 bits per heavy atom. The van der Waals surface area contributed by atoms with Gasteiger partial charge in [0.15, 0.2) is 0 Å². The van der Waals surface area contributed by atoms with Crippen molar-refractivity contribution in [1.29, 1.82) is 0 Å². The Morgan fingerprint density at radius 3 is 2.00 bits per heavy atom. The molecule has 1 N–H and O–H groups in total. The molecule has 3 nitrogen and oxygen atoms in total. The third-order valence-electron chi connectivity index (χ3n) is 2.77. The maximum absolute atomic E-state index is 6.18. The Morgan fingerprint density at radius 2 is 1.47 bits per heavy atom. The third-order valence-corrected chi connectivity index (χ3v) is 4.61. The predicted molar refractivity (Wildman–Crippen MR) is 69.0 cm³/mol. The monoisotopic (exact) mass is 315 g/mol. The van der Waals surface area contributed by atoms with Crippen LogP contribution in [0.5, 0.6) is 0 Å². The fourth-order valence-corrected chi connectivity index (χ4v) is 2.99. The van der Waals surface area contributed by atoms with E-state index in [9.17, 15) is 0 Å². The van der Waals surface area contributed by atoms with Crippen molar-refractivity contribution in [3.63, 3.8) is 0 Å². The Balaban J connectivity index is 2.76. The predicted octanol–water partition coefficient (Wildman–Crippen LogP) is 3.81. The maximum Gasteiger partial charge on any atom is 0.257 e. The van der Waals surface area contributed by atoms with Crippen molar-refractivity contribution in [3.05, 3.63) is 31.2 Å². The number of fused-ring (bicyclic) bond motifs is 1. The van der Waals surface area contributed by atoms with Gasteiger partial charge in [-0.05, 0) is 5.56 Å². The van der Waals surface area contributed by atoms with Gasteiger partial charge in [0, 0.05) is 20.8 Å². The van der Waals surface area contributed by atoms with Crippen LogP contribution >= 0.6 is 46.4 Å². The quantitative estimate of drug-likeness (QED) is 0.511. The number of hydrogen-bond donors (Lipinski definition) is 1. The summed E-state index contributed by atoms with van der Waals surface area (Å²) in [7, 11) is 3.00. The molecule has 17 heavy (non-hydrogen) atoms. The molecule has 0 amide bonds. The van der Waals surface area contributed by atoms with Crippen LogP contribution in [0, 0.1) is 0 Å². The van der Waals surface area contributed by atoms with Crippen LogP contribution in [0.25, 0.3) is 0 Å². The Bertz CT molecular complexity index is 474. The second-order valence-electron chi connectivity index (χ2n) is 3.49. The number of methoxy groups -OCH3 is 2. The lowest BCUT2D eigenvalue weighted by molar-refractivity contribution is -0.231. The van der Waals surface area contributed by atoms with Crippen molar-refractivity contribution in [1.82, 2.24) is 5.32 Å². The van der Waals surface area contributed by atoms with Gasteiger partial charge in [0.25, 0.3) is 5.91 Å². The lowest BCUT2D eigenvalue weighted by Crippen LogP contribution is -2.40. The van der Waals surface area contributed by atoms with Crippen LogP contribution in [0.4, 0.5) is 0 Å². The molecule has 0 unspecified atom stereocenters. The van der Waals surface area contributed by atoms with Gasteiger partial charge in [-0.3, -0.25) is 5.32 Å². The van der Waals surface area contributed by atoms with Crippen molar-refractivity contribution < 1.29 is 9.47 Å². The molecular formula is C10H9Cl4NO2. The van der Waals surface area contributed by atoms with Crippen LogP contribution in [-0.4, -0.2) is 14.2 Å². The van der Waals surface area contributed by atoms with Crippen molar-refractivity contribution >= 4 is 46.4 Å². The van der Waals surface area contributed by atoms with Gasteiger partial charge in [-0.25, -0.2) is 0 Å². The fourth-order valence-electron chi connectivity index (χ4n) is 1.91. The lowest BCUT2D eigenvalue weighted by Gasteiger charge is -2.28. The molecule has 0 saturated heterocycles. The van der Waals surface area contributed by atoms with Crippen molar-refractivity contribution in [2.45, 2.75) is 12.5 Å². The van der Waals surface area contributed by atoms with Crippen molar-refractivity contribution in [2.75, 3.05) is 14.2 Å². The zero-order valence-corrected chi connectivity index (χ0v) is 12.1. The van der Waals surface area contributed by atoms with Crippen LogP contribution in [0.3, 0.4) is 0 Å². The van der Waals surface area contributed by atoms with Gasteiger partial charge in [0.2, 0.25) is 0 Å². The van der Waals surface area contributed by atoms with Crippen LogP contribution in [0.1, 0.15) is 11.1 Å². The van der Waals surface area contributed by atoms with Gasteiger partial charge < -0.3 is 9.47 Å². The molecule has 0 fully saturated rings. The van der Waals surface area contributed by atoms with E-state index in [-0.39, 0.29) is 15.1 Å². The van der Waals surface area contributed by atoms with Crippen molar-refractivity contribution in [2.24, 2.45) is 0 Å². The van der Waals surface area contributed by atoms with Crippen LogP contribution in [-0.2, 0) is 21.9 Å². The highest BCUT2D eigenvalue weighted by molar-refractivity contribution is 6.52. The summed E-state index contributed by atoms with van der Waals surface area (Å²) in [4.78, 5) is 0. The molecule has 1 aliphatic heterocycles. The average Bonchev–Trinajstić information content (AvgIpc) is 2.73. The SMILES string of the molecule is COC1(OC)NCc2c(Cl)c(Cl)c(Cl)c(Cl)c21. The number of hydrogen-bond acceptors (Lipinski definition) is 3. The van der Waals surface area contributed by atoms with Gasteiger partial charge in [0.05, 0.1) is 25.7 Å². The summed E-state index contributed by atoms with van der Waals surface area (Å²) in [5, 5.41) is 4.11. The summed E-state index contributed by atoms with van der Waals surface area (Å²) in [5.74, 6) is -1.13. The fraction of sp³-hybridized carbons (Fsp3) is 0.400. The van der Waals surface area contributed by atoms with E-state index in [2.05, 4.69) is 5.32 Å². The topological polar surface area (TPSA) is 30.5 Å². The van der Waals surface area contributed by atoms with E-state index in [1.54, 1.807) is 0 Å². The zero-order valence-electron chi connectivity index (χ0n) is 9.04. The van der Waals surface area contributed by atoms with Crippen LogP contribution in [0.2, 0.25) is 20.1 Å². The number of halogens is 4. The maximum atomic E-state index is 6.18. The van der Waals surface area contributed by atoms with E-state index in [0.29, 0.717) is 17.1 Å². The first-order valence-electron chi connectivity index (χ1n) is 4.69. The molecule has 0 aliphatic carbocycles. The molecule has 7 heteroatoms. The van der Waals surface area contributed by atoms with E-state index in [0.717, 1.165) is 5.56 Å². The second-order valence-corrected chi connectivity index (χ2v) is 5.00. The number of benzene rings is 1. The Hall–Kier alpha value is 0.260. The zero-order chi connectivity index (χ0) is 12.8. The molecule has 0 saturated carbocycles. The molecule has 0 aromatic heterocycles. The summed E-state index contributed by atoms with van der Waals surface area (Å²) in [6.07, 6.45) is 0. The minimum Gasteiger partial charge on any atom is -0.337 e. The van der Waals surface area contributed by atoms with E-state index < -0.39 is 5.91 Å². The minimum atomic E-state index is -1.13. The summed E-state index contributed by atoms with van der Waals surface area (Å²) >= 11 is 24.3. The summed E-state index contributed by atoms with van der Waals surface area (Å²) < 4.78 is 10.7. The highest BCUT2D eigenvalue weighted by Gasteiger charge is 2.44. The summed E-state index contributed by atoms with van der Waals surface area (Å²) in [5.41, 5.74) is 1.30. The molecular weight excluding hydrogens is 308 g/mol. The normalized spacial score (nSPS) is 17.3. The smallest absolute Gasteiger partial charge is 0.257 e. The van der Waals surface area contributed by atoms with Gasteiger partial charge in [-0.1, -0.05) is 46.4 Å². The van der Waals surface area contributed by atoms with Gasteiger partial charge in [-0.15, -0.1) is 0 Å². The first-order chi connectivity index (χ1) is 7.98. The number of rotatable bonds is 2. The number of nitrogens with one attached hydrogen (secondary N) is 1.